The van der Waals surface area contributed by atoms with Crippen LogP contribution in [0.5, 0.6) is 0 Å². The van der Waals surface area contributed by atoms with Gasteiger partial charge in [-0.3, -0.25) is 4.68 Å². The Morgan fingerprint density at radius 3 is 2.81 bits per heavy atom. The number of ether oxygens (including phenoxy) is 1. The van der Waals surface area contributed by atoms with Gasteiger partial charge in [-0.2, -0.15) is 5.10 Å². The number of hydrogen-bond acceptors (Lipinski definition) is 3. The zero-order chi connectivity index (χ0) is 11.8. The fourth-order valence-electron chi connectivity index (χ4n) is 1.66. The highest BCUT2D eigenvalue weighted by Gasteiger charge is 2.11. The third kappa shape index (κ3) is 4.33. The molecule has 1 atom stereocenters. The Bertz CT molecular complexity index is 286. The summed E-state index contributed by atoms with van der Waals surface area (Å²) in [5.74, 6) is 0. The summed E-state index contributed by atoms with van der Waals surface area (Å²) in [5, 5.41) is 4.12. The summed E-state index contributed by atoms with van der Waals surface area (Å²) in [6.07, 6.45) is 8.67. The monoisotopic (exact) mass is 225 g/mol. The molecule has 0 aliphatic heterocycles. The van der Waals surface area contributed by atoms with Gasteiger partial charge in [0, 0.05) is 32.0 Å². The highest BCUT2D eigenvalue weighted by Crippen LogP contribution is 2.15. The molecular formula is C12H23N3O. The molecule has 0 fully saturated rings. The van der Waals surface area contributed by atoms with Crippen molar-refractivity contribution in [2.24, 2.45) is 12.8 Å². The molecule has 4 heteroatoms. The van der Waals surface area contributed by atoms with Gasteiger partial charge in [-0.05, 0) is 6.42 Å². The lowest BCUT2D eigenvalue weighted by Gasteiger charge is -2.14. The molecule has 1 aromatic heterocycles. The molecule has 0 aliphatic rings. The number of nitrogens with two attached hydrogens (primary N) is 1. The Hall–Kier alpha value is -0.870. The lowest BCUT2D eigenvalue weighted by Crippen LogP contribution is -2.16. The number of rotatable bonds is 8. The van der Waals surface area contributed by atoms with Crippen molar-refractivity contribution in [2.75, 3.05) is 13.2 Å². The average molecular weight is 225 g/mol. The van der Waals surface area contributed by atoms with Crippen LogP contribution in [0.25, 0.3) is 0 Å². The van der Waals surface area contributed by atoms with E-state index in [9.17, 15) is 0 Å². The van der Waals surface area contributed by atoms with Gasteiger partial charge in [0.05, 0.1) is 12.3 Å². The fourth-order valence-corrected chi connectivity index (χ4v) is 1.66. The average Bonchev–Trinajstić information content (AvgIpc) is 2.70. The van der Waals surface area contributed by atoms with E-state index in [0.29, 0.717) is 6.54 Å². The van der Waals surface area contributed by atoms with E-state index in [2.05, 4.69) is 12.0 Å². The highest BCUT2D eigenvalue weighted by atomic mass is 16.5. The van der Waals surface area contributed by atoms with Gasteiger partial charge in [0.1, 0.15) is 0 Å². The normalized spacial score (nSPS) is 12.9. The second kappa shape index (κ2) is 7.41. The second-order valence-corrected chi connectivity index (χ2v) is 4.10. The molecule has 2 N–H and O–H groups in total. The van der Waals surface area contributed by atoms with Gasteiger partial charge in [0.15, 0.2) is 0 Å². The van der Waals surface area contributed by atoms with E-state index in [0.717, 1.165) is 18.6 Å². The summed E-state index contributed by atoms with van der Waals surface area (Å²) < 4.78 is 7.54. The first-order chi connectivity index (χ1) is 7.77. The van der Waals surface area contributed by atoms with Crippen LogP contribution in [-0.4, -0.2) is 22.9 Å². The highest BCUT2D eigenvalue weighted by molar-refractivity contribution is 5.08. The van der Waals surface area contributed by atoms with Gasteiger partial charge in [-0.25, -0.2) is 0 Å². The molecule has 0 radical (unpaired) electrons. The molecule has 1 unspecified atom stereocenters. The predicted octanol–water partition coefficient (Wildman–Crippen LogP) is 2.02. The molecule has 1 heterocycles. The molecule has 1 rings (SSSR count). The second-order valence-electron chi connectivity index (χ2n) is 4.10. The van der Waals surface area contributed by atoms with Crippen molar-refractivity contribution in [3.63, 3.8) is 0 Å². The van der Waals surface area contributed by atoms with Crippen molar-refractivity contribution in [1.29, 1.82) is 0 Å². The largest absolute Gasteiger partial charge is 0.372 e. The minimum absolute atomic E-state index is 0.00433. The van der Waals surface area contributed by atoms with E-state index < -0.39 is 0 Å². The van der Waals surface area contributed by atoms with Crippen LogP contribution in [0.4, 0.5) is 0 Å². The van der Waals surface area contributed by atoms with E-state index in [1.807, 2.05) is 19.4 Å². The molecule has 0 bridgehead atoms. The quantitative estimate of drug-likeness (QED) is 0.689. The molecule has 0 aliphatic carbocycles. The van der Waals surface area contributed by atoms with E-state index in [4.69, 9.17) is 10.5 Å². The zero-order valence-electron chi connectivity index (χ0n) is 10.4. The molecular weight excluding hydrogens is 202 g/mol. The SMILES string of the molecule is CCCCCCOC(CN)c1cnn(C)c1. The standard InChI is InChI=1S/C12H23N3O/c1-3-4-5-6-7-16-12(8-13)11-9-14-15(2)10-11/h9-10,12H,3-8,13H2,1-2H3. The van der Waals surface area contributed by atoms with E-state index in [-0.39, 0.29) is 6.10 Å². The van der Waals surface area contributed by atoms with Crippen LogP contribution in [-0.2, 0) is 11.8 Å². The van der Waals surface area contributed by atoms with Crippen molar-refractivity contribution in [3.8, 4) is 0 Å². The molecule has 16 heavy (non-hydrogen) atoms. The van der Waals surface area contributed by atoms with Crippen LogP contribution in [0, 0.1) is 0 Å². The van der Waals surface area contributed by atoms with Gasteiger partial charge in [0.25, 0.3) is 0 Å². The number of aromatic nitrogens is 2. The van der Waals surface area contributed by atoms with Crippen molar-refractivity contribution in [1.82, 2.24) is 9.78 Å². The van der Waals surface area contributed by atoms with Gasteiger partial charge < -0.3 is 10.5 Å². The maximum absolute atomic E-state index is 5.76. The third-order valence-corrected chi connectivity index (χ3v) is 2.63. The van der Waals surface area contributed by atoms with Crippen molar-refractivity contribution >= 4 is 0 Å². The minimum atomic E-state index is -0.00433. The summed E-state index contributed by atoms with van der Waals surface area (Å²) in [5.41, 5.74) is 6.76. The van der Waals surface area contributed by atoms with Gasteiger partial charge in [0.2, 0.25) is 0 Å². The number of aryl methyl sites for hydroxylation is 1. The Balaban J connectivity index is 2.27. The molecule has 92 valence electrons. The first kappa shape index (κ1) is 13.2. The summed E-state index contributed by atoms with van der Waals surface area (Å²) in [6.45, 7) is 3.51. The molecule has 0 aromatic carbocycles. The smallest absolute Gasteiger partial charge is 0.0977 e. The molecule has 0 spiro atoms. The molecule has 0 amide bonds. The lowest BCUT2D eigenvalue weighted by molar-refractivity contribution is 0.0558. The Kier molecular flexibility index (Phi) is 6.11. The topological polar surface area (TPSA) is 53.1 Å². The van der Waals surface area contributed by atoms with Crippen LogP contribution in [0.1, 0.15) is 44.3 Å². The molecule has 1 aromatic rings. The third-order valence-electron chi connectivity index (χ3n) is 2.63. The number of nitrogens with zero attached hydrogens (tertiary/aromatic N) is 2. The maximum atomic E-state index is 5.76. The van der Waals surface area contributed by atoms with Gasteiger partial charge in [-0.15, -0.1) is 0 Å². The first-order valence-electron chi connectivity index (χ1n) is 6.08. The number of unbranched alkanes of at least 4 members (excludes halogenated alkanes) is 3. The van der Waals surface area contributed by atoms with E-state index >= 15 is 0 Å². The molecule has 4 nitrogen and oxygen atoms in total. The lowest BCUT2D eigenvalue weighted by atomic mass is 10.2. The van der Waals surface area contributed by atoms with Gasteiger partial charge in [-0.1, -0.05) is 26.2 Å². The summed E-state index contributed by atoms with van der Waals surface area (Å²) in [4.78, 5) is 0. The van der Waals surface area contributed by atoms with E-state index in [1.165, 1.54) is 19.3 Å². The Morgan fingerprint density at radius 2 is 2.25 bits per heavy atom. The Labute approximate surface area is 97.8 Å². The van der Waals surface area contributed by atoms with Gasteiger partial charge >= 0.3 is 0 Å². The van der Waals surface area contributed by atoms with Crippen LogP contribution >= 0.6 is 0 Å². The molecule has 0 saturated heterocycles. The maximum Gasteiger partial charge on any atom is 0.0977 e. The van der Waals surface area contributed by atoms with Crippen LogP contribution in [0.3, 0.4) is 0 Å². The minimum Gasteiger partial charge on any atom is -0.372 e. The molecule has 0 saturated carbocycles. The van der Waals surface area contributed by atoms with Crippen LogP contribution < -0.4 is 5.73 Å². The van der Waals surface area contributed by atoms with Crippen molar-refractivity contribution in [2.45, 2.75) is 38.7 Å². The van der Waals surface area contributed by atoms with E-state index in [1.54, 1.807) is 4.68 Å². The van der Waals surface area contributed by atoms with Crippen molar-refractivity contribution < 1.29 is 4.74 Å². The summed E-state index contributed by atoms with van der Waals surface area (Å²) in [6, 6.07) is 0. The van der Waals surface area contributed by atoms with Crippen LogP contribution in [0.15, 0.2) is 12.4 Å². The summed E-state index contributed by atoms with van der Waals surface area (Å²) in [7, 11) is 1.90. The zero-order valence-corrected chi connectivity index (χ0v) is 10.4. The Morgan fingerprint density at radius 1 is 1.44 bits per heavy atom. The summed E-state index contributed by atoms with van der Waals surface area (Å²) >= 11 is 0. The predicted molar refractivity (Wildman–Crippen MR) is 65.1 cm³/mol. The number of hydrogen-bond donors (Lipinski definition) is 1. The van der Waals surface area contributed by atoms with Crippen molar-refractivity contribution in [3.05, 3.63) is 18.0 Å². The fraction of sp³-hybridized carbons (Fsp3) is 0.750. The van der Waals surface area contributed by atoms with Crippen LogP contribution in [0.2, 0.25) is 0 Å². The first-order valence-corrected chi connectivity index (χ1v) is 6.08.